The molecule has 1 N–H and O–H groups in total. The molecule has 0 radical (unpaired) electrons. The molecule has 0 aliphatic carbocycles. The lowest BCUT2D eigenvalue weighted by atomic mass is 10.2. The number of nitrogens with zero attached hydrogens (tertiary/aromatic N) is 1. The maximum atomic E-state index is 3.55. The van der Waals surface area contributed by atoms with Gasteiger partial charge in [0.25, 0.3) is 0 Å². The van der Waals surface area contributed by atoms with Crippen molar-refractivity contribution >= 4 is 11.3 Å². The zero-order valence-corrected chi connectivity index (χ0v) is 10.4. The maximum Gasteiger partial charge on any atom is 0.0410 e. The zero-order valence-electron chi connectivity index (χ0n) is 9.57. The molecule has 0 aromatic carbocycles. The van der Waals surface area contributed by atoms with E-state index in [4.69, 9.17) is 0 Å². The average Bonchev–Trinajstić information content (AvgIpc) is 2.88. The standard InChI is InChI=1S/C12H20N2S/c1-10(12-6-4-8-15-12)14(2)9-11-5-3-7-13-11/h4,6,8,10-11,13H,3,5,7,9H2,1-2H3/t10?,11-/m0/s1. The summed E-state index contributed by atoms with van der Waals surface area (Å²) in [6.07, 6.45) is 2.67. The van der Waals surface area contributed by atoms with Crippen molar-refractivity contribution in [1.82, 2.24) is 10.2 Å². The predicted octanol–water partition coefficient (Wildman–Crippen LogP) is 2.49. The van der Waals surface area contributed by atoms with Crippen molar-refractivity contribution in [3.05, 3.63) is 22.4 Å². The van der Waals surface area contributed by atoms with E-state index in [0.29, 0.717) is 12.1 Å². The Morgan fingerprint density at radius 2 is 2.53 bits per heavy atom. The summed E-state index contributed by atoms with van der Waals surface area (Å²) in [5.74, 6) is 0. The Labute approximate surface area is 96.3 Å². The minimum absolute atomic E-state index is 0.549. The monoisotopic (exact) mass is 224 g/mol. The first-order chi connectivity index (χ1) is 7.27. The summed E-state index contributed by atoms with van der Waals surface area (Å²) in [5.41, 5.74) is 0. The number of hydrogen-bond donors (Lipinski definition) is 1. The molecule has 2 heterocycles. The summed E-state index contributed by atoms with van der Waals surface area (Å²) in [6.45, 7) is 4.66. The van der Waals surface area contributed by atoms with Gasteiger partial charge in [-0.1, -0.05) is 6.07 Å². The van der Waals surface area contributed by atoms with Gasteiger partial charge in [-0.05, 0) is 44.8 Å². The fourth-order valence-corrected chi connectivity index (χ4v) is 3.01. The van der Waals surface area contributed by atoms with Crippen molar-refractivity contribution in [2.24, 2.45) is 0 Å². The third kappa shape index (κ3) is 2.80. The van der Waals surface area contributed by atoms with Crippen LogP contribution in [0.25, 0.3) is 0 Å². The van der Waals surface area contributed by atoms with Crippen LogP contribution in [0.2, 0.25) is 0 Å². The first-order valence-electron chi connectivity index (χ1n) is 5.74. The van der Waals surface area contributed by atoms with Gasteiger partial charge in [0.15, 0.2) is 0 Å². The number of thiophene rings is 1. The van der Waals surface area contributed by atoms with Crippen molar-refractivity contribution in [1.29, 1.82) is 0 Å². The van der Waals surface area contributed by atoms with Crippen LogP contribution < -0.4 is 5.32 Å². The molecule has 1 fully saturated rings. The Bertz CT molecular complexity index is 278. The van der Waals surface area contributed by atoms with Crippen LogP contribution in [-0.2, 0) is 0 Å². The first kappa shape index (κ1) is 11.1. The molecule has 1 saturated heterocycles. The van der Waals surface area contributed by atoms with Crippen LogP contribution in [0.5, 0.6) is 0 Å². The number of rotatable bonds is 4. The fourth-order valence-electron chi connectivity index (χ4n) is 2.16. The van der Waals surface area contributed by atoms with Crippen molar-refractivity contribution in [2.45, 2.75) is 31.8 Å². The van der Waals surface area contributed by atoms with Gasteiger partial charge in [-0.3, -0.25) is 4.90 Å². The van der Waals surface area contributed by atoms with E-state index in [1.54, 1.807) is 0 Å². The molecule has 84 valence electrons. The Morgan fingerprint density at radius 1 is 1.67 bits per heavy atom. The molecule has 0 amide bonds. The highest BCUT2D eigenvalue weighted by molar-refractivity contribution is 7.10. The average molecular weight is 224 g/mol. The molecule has 15 heavy (non-hydrogen) atoms. The smallest absolute Gasteiger partial charge is 0.0410 e. The molecule has 0 saturated carbocycles. The van der Waals surface area contributed by atoms with Crippen LogP contribution in [0.4, 0.5) is 0 Å². The molecule has 2 rings (SSSR count). The summed E-state index contributed by atoms with van der Waals surface area (Å²) < 4.78 is 0. The van der Waals surface area contributed by atoms with Crippen molar-refractivity contribution in [3.8, 4) is 0 Å². The number of nitrogens with one attached hydrogen (secondary N) is 1. The normalized spacial score (nSPS) is 23.5. The SMILES string of the molecule is CC(c1cccs1)N(C)C[C@@H]1CCCN1. The second kappa shape index (κ2) is 5.10. The quantitative estimate of drug-likeness (QED) is 0.845. The summed E-state index contributed by atoms with van der Waals surface area (Å²) in [5, 5.41) is 5.71. The molecule has 0 spiro atoms. The highest BCUT2D eigenvalue weighted by Gasteiger charge is 2.19. The van der Waals surface area contributed by atoms with Crippen LogP contribution in [-0.4, -0.2) is 31.1 Å². The largest absolute Gasteiger partial charge is 0.313 e. The van der Waals surface area contributed by atoms with Crippen LogP contribution in [0.15, 0.2) is 17.5 Å². The lowest BCUT2D eigenvalue weighted by molar-refractivity contribution is 0.241. The van der Waals surface area contributed by atoms with E-state index < -0.39 is 0 Å². The zero-order chi connectivity index (χ0) is 10.7. The molecular formula is C12H20N2S. The maximum absolute atomic E-state index is 3.55. The topological polar surface area (TPSA) is 15.3 Å². The van der Waals surface area contributed by atoms with Crippen LogP contribution in [0.1, 0.15) is 30.7 Å². The van der Waals surface area contributed by atoms with E-state index in [2.05, 4.69) is 41.7 Å². The molecule has 2 atom stereocenters. The Morgan fingerprint density at radius 3 is 3.13 bits per heavy atom. The first-order valence-corrected chi connectivity index (χ1v) is 6.62. The minimum Gasteiger partial charge on any atom is -0.313 e. The van der Waals surface area contributed by atoms with Gasteiger partial charge in [0, 0.05) is 23.5 Å². The molecule has 1 aromatic rings. The van der Waals surface area contributed by atoms with Gasteiger partial charge in [0.2, 0.25) is 0 Å². The Balaban J connectivity index is 1.87. The number of likely N-dealkylation sites (N-methyl/N-ethyl adjacent to an activating group) is 1. The highest BCUT2D eigenvalue weighted by Crippen LogP contribution is 2.23. The van der Waals surface area contributed by atoms with Crippen molar-refractivity contribution in [2.75, 3.05) is 20.1 Å². The summed E-state index contributed by atoms with van der Waals surface area (Å²) in [6, 6.07) is 5.62. The van der Waals surface area contributed by atoms with E-state index in [-0.39, 0.29) is 0 Å². The molecule has 1 aliphatic heterocycles. The summed E-state index contributed by atoms with van der Waals surface area (Å²) in [4.78, 5) is 3.92. The third-order valence-corrected chi connectivity index (χ3v) is 4.33. The fraction of sp³-hybridized carbons (Fsp3) is 0.667. The van der Waals surface area contributed by atoms with E-state index >= 15 is 0 Å². The molecule has 0 bridgehead atoms. The van der Waals surface area contributed by atoms with E-state index in [9.17, 15) is 0 Å². The van der Waals surface area contributed by atoms with E-state index in [1.807, 2.05) is 11.3 Å². The summed E-state index contributed by atoms with van der Waals surface area (Å²) in [7, 11) is 2.23. The highest BCUT2D eigenvalue weighted by atomic mass is 32.1. The predicted molar refractivity (Wildman–Crippen MR) is 66.4 cm³/mol. The van der Waals surface area contributed by atoms with Crippen molar-refractivity contribution in [3.63, 3.8) is 0 Å². The molecule has 1 unspecified atom stereocenters. The van der Waals surface area contributed by atoms with Gasteiger partial charge in [-0.15, -0.1) is 11.3 Å². The second-order valence-corrected chi connectivity index (χ2v) is 5.40. The van der Waals surface area contributed by atoms with E-state index in [1.165, 1.54) is 30.8 Å². The molecule has 1 aromatic heterocycles. The Kier molecular flexibility index (Phi) is 3.78. The second-order valence-electron chi connectivity index (χ2n) is 4.42. The van der Waals surface area contributed by atoms with Crippen LogP contribution in [0, 0.1) is 0 Å². The lowest BCUT2D eigenvalue weighted by Crippen LogP contribution is -2.36. The molecule has 1 aliphatic rings. The molecular weight excluding hydrogens is 204 g/mol. The van der Waals surface area contributed by atoms with Crippen LogP contribution in [0.3, 0.4) is 0 Å². The van der Waals surface area contributed by atoms with Crippen molar-refractivity contribution < 1.29 is 0 Å². The van der Waals surface area contributed by atoms with Crippen LogP contribution >= 0.6 is 11.3 Å². The van der Waals surface area contributed by atoms with Gasteiger partial charge >= 0.3 is 0 Å². The third-order valence-electron chi connectivity index (χ3n) is 3.29. The van der Waals surface area contributed by atoms with Gasteiger partial charge < -0.3 is 5.32 Å². The van der Waals surface area contributed by atoms with E-state index in [0.717, 1.165) is 0 Å². The minimum atomic E-state index is 0.549. The van der Waals surface area contributed by atoms with Gasteiger partial charge in [-0.2, -0.15) is 0 Å². The number of hydrogen-bond acceptors (Lipinski definition) is 3. The molecule has 2 nitrogen and oxygen atoms in total. The van der Waals surface area contributed by atoms with Gasteiger partial charge in [-0.25, -0.2) is 0 Å². The summed E-state index contributed by atoms with van der Waals surface area (Å²) >= 11 is 1.86. The van der Waals surface area contributed by atoms with Gasteiger partial charge in [0.05, 0.1) is 0 Å². The van der Waals surface area contributed by atoms with Gasteiger partial charge in [0.1, 0.15) is 0 Å². The lowest BCUT2D eigenvalue weighted by Gasteiger charge is -2.26. The molecule has 3 heteroatoms. The Hall–Kier alpha value is -0.380.